The lowest BCUT2D eigenvalue weighted by Crippen LogP contribution is -2.17. The highest BCUT2D eigenvalue weighted by Crippen LogP contribution is 2.47. The second-order valence-corrected chi connectivity index (χ2v) is 18.8. The van der Waals surface area contributed by atoms with Crippen molar-refractivity contribution in [1.82, 2.24) is 0 Å². The molecule has 0 saturated heterocycles. The number of anilines is 5. The third kappa shape index (κ3) is 9.65. The summed E-state index contributed by atoms with van der Waals surface area (Å²) < 4.78 is 0. The summed E-state index contributed by atoms with van der Waals surface area (Å²) >= 11 is 0. The molecule has 0 heterocycles. The van der Waals surface area contributed by atoms with E-state index in [0.717, 1.165) is 68.4 Å². The molecule has 0 fully saturated rings. The largest absolute Gasteiger partial charge is 0.311 e. The van der Waals surface area contributed by atoms with E-state index >= 15 is 0 Å². The van der Waals surface area contributed by atoms with Gasteiger partial charge in [0.25, 0.3) is 0 Å². The molecule has 0 radical (unpaired) electrons. The van der Waals surface area contributed by atoms with Crippen LogP contribution in [0, 0.1) is 0 Å². The van der Waals surface area contributed by atoms with Crippen molar-refractivity contribution in [3.63, 3.8) is 0 Å². The Morgan fingerprint density at radius 1 is 0.270 bits per heavy atom. The van der Waals surface area contributed by atoms with Gasteiger partial charge in [-0.1, -0.05) is 243 Å². The lowest BCUT2D eigenvalue weighted by molar-refractivity contribution is 0.840. The average Bonchev–Trinajstić information content (AvgIpc) is 3.49. The number of allylic oxidation sites excluding steroid dienone is 3. The Morgan fingerprint density at radius 3 is 0.932 bits per heavy atom. The minimum atomic E-state index is 0.332. The van der Waals surface area contributed by atoms with Gasteiger partial charge in [-0.05, 0) is 145 Å². The third-order valence-corrected chi connectivity index (χ3v) is 14.2. The van der Waals surface area contributed by atoms with Gasteiger partial charge in [0.15, 0.2) is 0 Å². The van der Waals surface area contributed by atoms with Gasteiger partial charge in [0.2, 0.25) is 0 Å². The molecule has 11 aromatic carbocycles. The number of benzene rings is 11. The third-order valence-electron chi connectivity index (χ3n) is 14.2. The zero-order valence-electron chi connectivity index (χ0n) is 41.1. The van der Waals surface area contributed by atoms with Crippen LogP contribution in [0.1, 0.15) is 17.9 Å². The van der Waals surface area contributed by atoms with Crippen LogP contribution in [0.25, 0.3) is 66.8 Å². The average molecular weight is 947 g/mol. The molecule has 0 spiro atoms. The van der Waals surface area contributed by atoms with Crippen LogP contribution in [0.4, 0.5) is 28.4 Å². The molecule has 0 aliphatic heterocycles. The van der Waals surface area contributed by atoms with Crippen LogP contribution < -0.4 is 9.80 Å². The SMILES string of the molecule is C1=CC(c2ccccc2)CC=C1N(c1ccc(-c2ccccc2)cc1)c1ccc(-c2c(-c3ccccc3)cc(N(c3ccc(-c4ccccc4)cc3)c3ccc(-c4ccccc4)cc3)cc2-c2ccccc2)cc1. The molecule has 74 heavy (non-hydrogen) atoms. The first-order valence-electron chi connectivity index (χ1n) is 25.6. The van der Waals surface area contributed by atoms with Crippen molar-refractivity contribution >= 4 is 28.4 Å². The first kappa shape index (κ1) is 45.6. The zero-order valence-corrected chi connectivity index (χ0v) is 41.1. The smallest absolute Gasteiger partial charge is 0.0474 e. The molecule has 1 aliphatic rings. The van der Waals surface area contributed by atoms with Crippen LogP contribution in [-0.4, -0.2) is 0 Å². The van der Waals surface area contributed by atoms with E-state index in [1.54, 1.807) is 0 Å². The van der Waals surface area contributed by atoms with Crippen molar-refractivity contribution in [2.45, 2.75) is 12.3 Å². The molecule has 0 N–H and O–H groups in total. The topological polar surface area (TPSA) is 6.48 Å². The molecule has 0 aromatic heterocycles. The summed E-state index contributed by atoms with van der Waals surface area (Å²) in [6.07, 6.45) is 7.98. The molecule has 2 heteroatoms. The molecule has 1 aliphatic carbocycles. The standard InChI is InChI=1S/C72H54N2/c1-7-19-53(20-8-1)57-31-41-64(42-32-57)73(65-43-33-58(34-44-65)54-21-9-2-10-22-54)66-49-39-63(40-50-66)72-70(61-27-15-5-16-28-61)51-69(52-71(72)62-29-17-6-18-30-62)74(67-45-35-59(36-46-67)55-23-11-3-12-24-55)68-47-37-60(38-48-68)56-25-13-4-14-26-56/h1-33,35-52,58H,34H2. The van der Waals surface area contributed by atoms with Crippen molar-refractivity contribution in [3.8, 4) is 66.8 Å². The summed E-state index contributed by atoms with van der Waals surface area (Å²) in [7, 11) is 0. The fraction of sp³-hybridized carbons (Fsp3) is 0.0278. The fourth-order valence-corrected chi connectivity index (χ4v) is 10.5. The molecule has 1 atom stereocenters. The molecule has 2 nitrogen and oxygen atoms in total. The lowest BCUT2D eigenvalue weighted by Gasteiger charge is -2.30. The summed E-state index contributed by atoms with van der Waals surface area (Å²) in [5.74, 6) is 0.332. The van der Waals surface area contributed by atoms with Crippen molar-refractivity contribution in [2.24, 2.45) is 0 Å². The van der Waals surface area contributed by atoms with Gasteiger partial charge in [-0.3, -0.25) is 0 Å². The first-order valence-corrected chi connectivity index (χ1v) is 25.6. The second kappa shape index (κ2) is 21.1. The van der Waals surface area contributed by atoms with E-state index < -0.39 is 0 Å². The quantitative estimate of drug-likeness (QED) is 0.114. The highest BCUT2D eigenvalue weighted by molar-refractivity contribution is 5.99. The molecule has 11 aromatic rings. The monoisotopic (exact) mass is 946 g/mol. The van der Waals surface area contributed by atoms with Gasteiger partial charge in [0.1, 0.15) is 0 Å². The minimum absolute atomic E-state index is 0.332. The Hall–Kier alpha value is -9.50. The van der Waals surface area contributed by atoms with Gasteiger partial charge in [-0.15, -0.1) is 0 Å². The molecule has 0 saturated carbocycles. The van der Waals surface area contributed by atoms with Crippen molar-refractivity contribution in [3.05, 3.63) is 321 Å². The van der Waals surface area contributed by atoms with Crippen molar-refractivity contribution < 1.29 is 0 Å². The number of hydrogen-bond acceptors (Lipinski definition) is 2. The van der Waals surface area contributed by atoms with Crippen molar-refractivity contribution in [1.29, 1.82) is 0 Å². The summed E-state index contributed by atoms with van der Waals surface area (Å²) in [4.78, 5) is 4.81. The van der Waals surface area contributed by atoms with Gasteiger partial charge >= 0.3 is 0 Å². The van der Waals surface area contributed by atoms with Crippen LogP contribution in [0.15, 0.2) is 315 Å². The van der Waals surface area contributed by atoms with E-state index in [0.29, 0.717) is 5.92 Å². The molecule has 0 amide bonds. The van der Waals surface area contributed by atoms with E-state index in [-0.39, 0.29) is 0 Å². The number of rotatable bonds is 13. The van der Waals surface area contributed by atoms with Gasteiger partial charge < -0.3 is 9.80 Å². The molecular weight excluding hydrogens is 893 g/mol. The first-order chi connectivity index (χ1) is 36.7. The lowest BCUT2D eigenvalue weighted by atomic mass is 9.86. The van der Waals surface area contributed by atoms with Gasteiger partial charge in [-0.2, -0.15) is 0 Å². The van der Waals surface area contributed by atoms with Gasteiger partial charge in [0.05, 0.1) is 0 Å². The summed E-state index contributed by atoms with van der Waals surface area (Å²) in [5, 5.41) is 0. The maximum Gasteiger partial charge on any atom is 0.0474 e. The Bertz CT molecular complexity index is 3520. The van der Waals surface area contributed by atoms with E-state index in [2.05, 4.69) is 319 Å². The Balaban J connectivity index is 0.996. The van der Waals surface area contributed by atoms with Crippen molar-refractivity contribution in [2.75, 3.05) is 9.80 Å². The highest BCUT2D eigenvalue weighted by Gasteiger charge is 2.23. The van der Waals surface area contributed by atoms with Crippen LogP contribution in [0.5, 0.6) is 0 Å². The maximum absolute atomic E-state index is 2.41. The fourth-order valence-electron chi connectivity index (χ4n) is 10.5. The van der Waals surface area contributed by atoms with E-state index in [4.69, 9.17) is 0 Å². The second-order valence-electron chi connectivity index (χ2n) is 18.8. The minimum Gasteiger partial charge on any atom is -0.311 e. The van der Waals surface area contributed by atoms with Crippen LogP contribution >= 0.6 is 0 Å². The molecule has 1 unspecified atom stereocenters. The van der Waals surface area contributed by atoms with E-state index in [9.17, 15) is 0 Å². The summed E-state index contributed by atoms with van der Waals surface area (Å²) in [5.41, 5.74) is 22.0. The van der Waals surface area contributed by atoms with Crippen LogP contribution in [-0.2, 0) is 0 Å². The normalized spacial score (nSPS) is 13.0. The molecular formula is C72H54N2. The van der Waals surface area contributed by atoms with E-state index in [1.807, 2.05) is 0 Å². The Labute approximate surface area is 435 Å². The molecule has 12 rings (SSSR count). The number of nitrogens with zero attached hydrogens (tertiary/aromatic N) is 2. The predicted octanol–water partition coefficient (Wildman–Crippen LogP) is 19.9. The van der Waals surface area contributed by atoms with Crippen LogP contribution in [0.3, 0.4) is 0 Å². The summed E-state index contributed by atoms with van der Waals surface area (Å²) in [6.45, 7) is 0. The van der Waals surface area contributed by atoms with Gasteiger partial charge in [0, 0.05) is 40.1 Å². The molecule has 352 valence electrons. The highest BCUT2D eigenvalue weighted by atomic mass is 15.1. The maximum atomic E-state index is 2.41. The Kier molecular flexibility index (Phi) is 13.0. The van der Waals surface area contributed by atoms with Crippen LogP contribution in [0.2, 0.25) is 0 Å². The zero-order chi connectivity index (χ0) is 49.5. The molecule has 0 bridgehead atoms. The number of hydrogen-bond donors (Lipinski definition) is 0. The summed E-state index contributed by atoms with van der Waals surface area (Å²) in [6, 6.07) is 105. The van der Waals surface area contributed by atoms with Gasteiger partial charge in [-0.25, -0.2) is 0 Å². The predicted molar refractivity (Wildman–Crippen MR) is 313 cm³/mol. The Morgan fingerprint density at radius 2 is 0.581 bits per heavy atom. The van der Waals surface area contributed by atoms with E-state index in [1.165, 1.54) is 44.5 Å².